The molecule has 4 heterocycles. The number of nitrogens with zero attached hydrogens (tertiary/aromatic N) is 2. The number of anilines is 1. The zero-order valence-corrected chi connectivity index (χ0v) is 51.5. The van der Waals surface area contributed by atoms with Crippen LogP contribution in [0.1, 0.15) is 112 Å². The van der Waals surface area contributed by atoms with Gasteiger partial charge >= 0.3 is 0 Å². The quantitative estimate of drug-likeness (QED) is 0.0172. The molecular formula is C64H75N5O21S. The van der Waals surface area contributed by atoms with Crippen LogP contribution in [0.2, 0.25) is 0 Å². The van der Waals surface area contributed by atoms with Gasteiger partial charge in [0.2, 0.25) is 23.5 Å². The van der Waals surface area contributed by atoms with Crippen LogP contribution in [-0.4, -0.2) is 209 Å². The SMILES string of the molecule is CC[C@H]1OCCN2C3CC(OC4CC(O)(C(=O)NCCOCCOCCOCCOCCC(=O)NC(CS(=O)(=O)O)C(=O)NCCC(=O)N5Cc6ccccc6C#Cc6ccccc65)Cc5c(O)c6c(c(O)c54)C(=O)c4c(OC)cccc4C6=O)OC(C)C3OC12. The van der Waals surface area contributed by atoms with Crippen molar-refractivity contribution < 1.29 is 99.7 Å². The van der Waals surface area contributed by atoms with E-state index < -0.39 is 111 Å². The summed E-state index contributed by atoms with van der Waals surface area (Å²) < 4.78 is 86.4. The predicted molar refractivity (Wildman–Crippen MR) is 322 cm³/mol. The summed E-state index contributed by atoms with van der Waals surface area (Å²) in [4.78, 5) is 85.8. The van der Waals surface area contributed by atoms with E-state index in [-0.39, 0.29) is 144 Å². The van der Waals surface area contributed by atoms with Crippen molar-refractivity contribution in [1.82, 2.24) is 20.9 Å². The number of morpholine rings is 1. The van der Waals surface area contributed by atoms with E-state index in [1.165, 1.54) is 25.3 Å². The Morgan fingerprint density at radius 2 is 1.48 bits per heavy atom. The number of carbonyl (C=O) groups excluding carboxylic acids is 6. The summed E-state index contributed by atoms with van der Waals surface area (Å²) in [6.07, 6.45) is -3.96. The van der Waals surface area contributed by atoms with Crippen molar-refractivity contribution in [3.63, 3.8) is 0 Å². The lowest BCUT2D eigenvalue weighted by Crippen LogP contribution is -2.55. The first kappa shape index (κ1) is 66.5. The van der Waals surface area contributed by atoms with Gasteiger partial charge in [-0.3, -0.25) is 38.2 Å². The number of hydrogen-bond donors (Lipinski definition) is 7. The Bertz CT molecular complexity index is 3580. The molecule has 0 radical (unpaired) electrons. The van der Waals surface area contributed by atoms with Crippen LogP contribution in [0.25, 0.3) is 0 Å². The van der Waals surface area contributed by atoms with Gasteiger partial charge in [-0.1, -0.05) is 61.2 Å². The van der Waals surface area contributed by atoms with Crippen molar-refractivity contribution in [2.24, 2.45) is 0 Å². The number of aliphatic hydroxyl groups is 1. The molecule has 0 saturated carbocycles. The van der Waals surface area contributed by atoms with Crippen molar-refractivity contribution in [2.45, 2.75) is 114 Å². The average Bonchev–Trinajstić information content (AvgIpc) is 1.25. The molecule has 4 aromatic carbocycles. The topological polar surface area (TPSA) is 343 Å². The lowest BCUT2D eigenvalue weighted by molar-refractivity contribution is -0.247. The molecule has 0 bridgehead atoms. The van der Waals surface area contributed by atoms with E-state index in [1.807, 2.05) is 44.2 Å². The molecule has 8 unspecified atom stereocenters. The van der Waals surface area contributed by atoms with Crippen LogP contribution in [0.15, 0.2) is 66.7 Å². The fourth-order valence-corrected chi connectivity index (χ4v) is 13.2. The van der Waals surface area contributed by atoms with Gasteiger partial charge in [-0.25, -0.2) is 0 Å². The third kappa shape index (κ3) is 15.1. The van der Waals surface area contributed by atoms with Crippen molar-refractivity contribution in [2.75, 3.05) is 96.9 Å². The van der Waals surface area contributed by atoms with Gasteiger partial charge in [0, 0.05) is 85.6 Å². The predicted octanol–water partition coefficient (Wildman–Crippen LogP) is 2.35. The summed E-state index contributed by atoms with van der Waals surface area (Å²) in [6, 6.07) is 17.2. The summed E-state index contributed by atoms with van der Waals surface area (Å²) in [6.45, 7) is 5.71. The number of methoxy groups -OCH3 is 1. The number of nitrogens with one attached hydrogen (secondary N) is 3. The van der Waals surface area contributed by atoms with Crippen LogP contribution in [0.4, 0.5) is 5.69 Å². The highest BCUT2D eigenvalue weighted by Crippen LogP contribution is 2.53. The molecule has 7 N–H and O–H groups in total. The molecule has 91 heavy (non-hydrogen) atoms. The number of fused-ring (bicyclic) bond motifs is 8. The second-order valence-electron chi connectivity index (χ2n) is 22.8. The summed E-state index contributed by atoms with van der Waals surface area (Å²) in [5.41, 5.74) is -0.732. The van der Waals surface area contributed by atoms with E-state index in [2.05, 4.69) is 32.7 Å². The molecule has 9 atom stereocenters. The molecule has 27 heteroatoms. The normalized spacial score (nSPS) is 23.4. The Morgan fingerprint density at radius 1 is 0.802 bits per heavy atom. The first-order valence-electron chi connectivity index (χ1n) is 30.3. The zero-order valence-electron chi connectivity index (χ0n) is 50.6. The van der Waals surface area contributed by atoms with Gasteiger partial charge in [-0.2, -0.15) is 8.42 Å². The molecule has 3 saturated heterocycles. The van der Waals surface area contributed by atoms with E-state index in [9.17, 15) is 57.1 Å². The van der Waals surface area contributed by atoms with Crippen LogP contribution >= 0.6 is 0 Å². The third-order valence-electron chi connectivity index (χ3n) is 16.9. The largest absolute Gasteiger partial charge is 0.507 e. The minimum Gasteiger partial charge on any atom is -0.507 e. The van der Waals surface area contributed by atoms with Crippen LogP contribution in [0, 0.1) is 11.8 Å². The van der Waals surface area contributed by atoms with Crippen LogP contribution in [0.5, 0.6) is 17.2 Å². The Morgan fingerprint density at radius 3 is 2.21 bits per heavy atom. The smallest absolute Gasteiger partial charge is 0.267 e. The van der Waals surface area contributed by atoms with E-state index in [4.69, 9.17) is 42.6 Å². The molecule has 0 aromatic heterocycles. The van der Waals surface area contributed by atoms with Gasteiger partial charge in [0.25, 0.3) is 16.0 Å². The molecule has 6 aliphatic rings. The Kier molecular flexibility index (Phi) is 21.5. The standard InChI is InChI=1S/C64H75N5O21S/c1-4-46-62-68(22-25-87-46)45-32-51(88-37(2)60(45)90-62)89-48-34-64(78,33-42-53(48)59(75)55-54(57(42)73)56(72)41-13-9-15-47(82-3)52(41)58(55)74)63(77)66-21-24-84-27-29-86-31-30-85-28-26-83-23-19-49(70)67-43(36-91(79,80)81)61(76)65-20-18-50(71)69-35-40-12-6-5-10-38(40)16-17-39-11-7-8-14-44(39)69/h5-15,37,43,45-46,48,51,60,62,73,75,78H,4,18-36H2,1-3H3,(H,65,76)(H,66,77)(H,67,70)(H,79,80,81)/t37?,43?,45?,46-,48?,51?,60?,62?,64?/m1/s1. The van der Waals surface area contributed by atoms with E-state index in [1.54, 1.807) is 23.1 Å². The molecule has 488 valence electrons. The van der Waals surface area contributed by atoms with Crippen molar-refractivity contribution >= 4 is 51.0 Å². The number of aromatic hydroxyl groups is 2. The highest BCUT2D eigenvalue weighted by atomic mass is 32.2. The number of phenolic OH excluding ortho intramolecular Hbond substituents is 2. The number of rotatable bonds is 27. The third-order valence-corrected chi connectivity index (χ3v) is 17.6. The Labute approximate surface area is 525 Å². The second-order valence-corrected chi connectivity index (χ2v) is 24.3. The maximum atomic E-state index is 14.3. The number of ketones is 2. The van der Waals surface area contributed by atoms with Crippen LogP contribution in [-0.2, 0) is 80.2 Å². The molecule has 4 aromatic rings. The number of amides is 4. The second kappa shape index (κ2) is 29.5. The highest BCUT2D eigenvalue weighted by Gasteiger charge is 2.55. The Balaban J connectivity index is 0.640. The number of benzene rings is 4. The van der Waals surface area contributed by atoms with Gasteiger partial charge in [0.05, 0.1) is 114 Å². The lowest BCUT2D eigenvalue weighted by atomic mass is 9.72. The molecule has 26 nitrogen and oxygen atoms in total. The first-order valence-corrected chi connectivity index (χ1v) is 31.9. The van der Waals surface area contributed by atoms with E-state index >= 15 is 0 Å². The lowest BCUT2D eigenvalue weighted by Gasteiger charge is -2.43. The molecule has 10 rings (SSSR count). The highest BCUT2D eigenvalue weighted by molar-refractivity contribution is 7.85. The molecule has 3 fully saturated rings. The van der Waals surface area contributed by atoms with Crippen LogP contribution in [0.3, 0.4) is 0 Å². The van der Waals surface area contributed by atoms with Crippen molar-refractivity contribution in [1.29, 1.82) is 0 Å². The zero-order chi connectivity index (χ0) is 64.6. The van der Waals surface area contributed by atoms with Crippen molar-refractivity contribution in [3.05, 3.63) is 117 Å². The summed E-state index contributed by atoms with van der Waals surface area (Å²) >= 11 is 0. The Hall–Kier alpha value is -7.43. The minimum absolute atomic E-state index is 0.00541. The summed E-state index contributed by atoms with van der Waals surface area (Å²) in [5, 5.41) is 44.0. The fraction of sp³-hybridized carbons (Fsp3) is 0.500. The number of hydrogen-bond acceptors (Lipinski definition) is 21. The maximum Gasteiger partial charge on any atom is 0.267 e. The van der Waals surface area contributed by atoms with Gasteiger partial charge in [0.15, 0.2) is 12.1 Å². The molecule has 2 aliphatic carbocycles. The van der Waals surface area contributed by atoms with Crippen molar-refractivity contribution in [3.8, 4) is 29.1 Å². The molecular weight excluding hydrogens is 1210 g/mol. The molecule has 0 spiro atoms. The monoisotopic (exact) mass is 1280 g/mol. The fourth-order valence-electron chi connectivity index (χ4n) is 12.5. The average molecular weight is 1280 g/mol. The van der Waals surface area contributed by atoms with Crippen LogP contribution < -0.4 is 25.6 Å². The number of ether oxygens (including phenoxy) is 9. The van der Waals surface area contributed by atoms with Gasteiger partial charge in [0.1, 0.15) is 47.0 Å². The maximum absolute atomic E-state index is 14.3. The van der Waals surface area contributed by atoms with E-state index in [0.29, 0.717) is 30.8 Å². The molecule has 4 amide bonds. The van der Waals surface area contributed by atoms with E-state index in [0.717, 1.165) is 17.5 Å². The number of phenols is 2. The molecule has 4 aliphatic heterocycles. The van der Waals surface area contributed by atoms with Gasteiger partial charge in [-0.15, -0.1) is 0 Å². The summed E-state index contributed by atoms with van der Waals surface area (Å²) in [7, 11) is -3.38. The van der Waals surface area contributed by atoms with Gasteiger partial charge < -0.3 is 78.8 Å². The minimum atomic E-state index is -4.72. The van der Waals surface area contributed by atoms with Gasteiger partial charge in [-0.05, 0) is 43.2 Å². The number of carbonyl (C=O) groups is 6. The summed E-state index contributed by atoms with van der Waals surface area (Å²) in [5.74, 6) is -0.444. The first-order chi connectivity index (χ1) is 43.8. The number of para-hydroxylation sites is 1.